The van der Waals surface area contributed by atoms with Crippen molar-refractivity contribution >= 4 is 25.0 Å². The molecule has 0 aromatic heterocycles. The van der Waals surface area contributed by atoms with Gasteiger partial charge in [-0.3, -0.25) is 0 Å². The molecule has 6 heteroatoms. The van der Waals surface area contributed by atoms with Gasteiger partial charge in [-0.1, -0.05) is 50.9 Å². The quantitative estimate of drug-likeness (QED) is 0.606. The van der Waals surface area contributed by atoms with Crippen molar-refractivity contribution in [3.8, 4) is 0 Å². The Morgan fingerprint density at radius 2 is 1.17 bits per heavy atom. The van der Waals surface area contributed by atoms with Crippen LogP contribution in [0.4, 0.5) is 0 Å². The second-order valence-corrected chi connectivity index (χ2v) is 21.5. The molecule has 0 aromatic rings. The average Bonchev–Trinajstić information content (AvgIpc) is 2.21. The van der Waals surface area contributed by atoms with Crippen molar-refractivity contribution in [1.29, 1.82) is 0 Å². The summed E-state index contributed by atoms with van der Waals surface area (Å²) >= 11 is 0. The Morgan fingerprint density at radius 1 is 0.722 bits per heavy atom. The minimum absolute atomic E-state index is 0.934. The van der Waals surface area contributed by atoms with Crippen molar-refractivity contribution in [3.05, 3.63) is 0 Å². The smallest absolute Gasteiger partial charge is 0.377 e. The number of hydrogen-bond donors (Lipinski definition) is 0. The second-order valence-electron chi connectivity index (χ2n) is 7.05. The lowest BCUT2D eigenvalue weighted by atomic mass is 10.6. The molecule has 0 rings (SSSR count). The van der Waals surface area contributed by atoms with E-state index in [0.29, 0.717) is 0 Å². The first-order valence-corrected chi connectivity index (χ1v) is 15.8. The first-order valence-electron chi connectivity index (χ1n) is 6.75. The first kappa shape index (κ1) is 18.5. The van der Waals surface area contributed by atoms with Crippen LogP contribution in [-0.2, 0) is 13.3 Å². The topological polar surface area (TPSA) is 27.7 Å². The fourth-order valence-corrected chi connectivity index (χ4v) is 18.3. The SMILES string of the molecule is CO[Si](CCC[Si](C)(C)C[Si](C)(C)C)(OC)OC. The van der Waals surface area contributed by atoms with Gasteiger partial charge < -0.3 is 13.3 Å². The van der Waals surface area contributed by atoms with E-state index in [2.05, 4.69) is 32.7 Å². The molecule has 0 fully saturated rings. The highest BCUT2D eigenvalue weighted by Crippen LogP contribution is 2.27. The van der Waals surface area contributed by atoms with Gasteiger partial charge in [0.05, 0.1) is 0 Å². The van der Waals surface area contributed by atoms with Crippen LogP contribution in [0.15, 0.2) is 0 Å². The fraction of sp³-hybridized carbons (Fsp3) is 1.00. The van der Waals surface area contributed by atoms with Crippen molar-refractivity contribution < 1.29 is 13.3 Å². The van der Waals surface area contributed by atoms with Crippen LogP contribution in [0.3, 0.4) is 0 Å². The Hall–Kier alpha value is 0.531. The van der Waals surface area contributed by atoms with Crippen LogP contribution in [0.25, 0.3) is 0 Å². The molecule has 0 aliphatic heterocycles. The van der Waals surface area contributed by atoms with Gasteiger partial charge in [-0.15, -0.1) is 0 Å². The maximum atomic E-state index is 5.47. The van der Waals surface area contributed by atoms with E-state index in [1.807, 2.05) is 0 Å². The zero-order chi connectivity index (χ0) is 14.4. The predicted octanol–water partition coefficient (Wildman–Crippen LogP) is 3.84. The van der Waals surface area contributed by atoms with Gasteiger partial charge in [0, 0.05) is 43.5 Å². The van der Waals surface area contributed by atoms with Crippen LogP contribution in [0.1, 0.15) is 6.42 Å². The van der Waals surface area contributed by atoms with E-state index >= 15 is 0 Å². The summed E-state index contributed by atoms with van der Waals surface area (Å²) in [7, 11) is 0.759. The van der Waals surface area contributed by atoms with E-state index in [9.17, 15) is 0 Å². The Kier molecular flexibility index (Phi) is 7.57. The van der Waals surface area contributed by atoms with Gasteiger partial charge in [0.15, 0.2) is 0 Å². The molecule has 0 aliphatic carbocycles. The maximum absolute atomic E-state index is 5.47. The summed E-state index contributed by atoms with van der Waals surface area (Å²) in [6.07, 6.45) is 1.17. The highest BCUT2D eigenvalue weighted by atomic mass is 28.4. The molecule has 0 aromatic carbocycles. The van der Waals surface area contributed by atoms with Gasteiger partial charge in [-0.25, -0.2) is 0 Å². The fourth-order valence-electron chi connectivity index (χ4n) is 2.86. The standard InChI is InChI=1S/C12H32O3Si3/c1-13-18(14-2,15-3)11-9-10-17(7,8)12-16(4,5)6/h9-12H2,1-8H3. The molecule has 0 heterocycles. The van der Waals surface area contributed by atoms with E-state index in [1.165, 1.54) is 18.1 Å². The van der Waals surface area contributed by atoms with Gasteiger partial charge in [0.2, 0.25) is 0 Å². The van der Waals surface area contributed by atoms with E-state index in [1.54, 1.807) is 21.3 Å². The Balaban J connectivity index is 4.24. The molecule has 0 radical (unpaired) electrons. The van der Waals surface area contributed by atoms with Crippen LogP contribution in [0.2, 0.25) is 50.5 Å². The lowest BCUT2D eigenvalue weighted by molar-refractivity contribution is 0.123. The number of hydrogen-bond acceptors (Lipinski definition) is 3. The van der Waals surface area contributed by atoms with Crippen molar-refractivity contribution in [2.75, 3.05) is 21.3 Å². The molecule has 0 spiro atoms. The third-order valence-electron chi connectivity index (χ3n) is 3.28. The van der Waals surface area contributed by atoms with E-state index in [4.69, 9.17) is 13.3 Å². The summed E-state index contributed by atoms with van der Waals surface area (Å²) in [5.41, 5.74) is 1.50. The highest BCUT2D eigenvalue weighted by molar-refractivity contribution is 6.94. The van der Waals surface area contributed by atoms with Crippen LogP contribution in [0.5, 0.6) is 0 Å². The van der Waals surface area contributed by atoms with E-state index in [-0.39, 0.29) is 0 Å². The van der Waals surface area contributed by atoms with Gasteiger partial charge in [-0.2, -0.15) is 0 Å². The van der Waals surface area contributed by atoms with Crippen LogP contribution < -0.4 is 0 Å². The van der Waals surface area contributed by atoms with Crippen molar-refractivity contribution in [2.24, 2.45) is 0 Å². The molecule has 0 bridgehead atoms. The molecule has 0 aliphatic rings. The summed E-state index contributed by atoms with van der Waals surface area (Å²) in [6.45, 7) is 12.4. The van der Waals surface area contributed by atoms with Crippen molar-refractivity contribution in [2.45, 2.75) is 56.9 Å². The Bertz CT molecular complexity index is 227. The minimum Gasteiger partial charge on any atom is -0.377 e. The van der Waals surface area contributed by atoms with Gasteiger partial charge in [0.1, 0.15) is 0 Å². The Labute approximate surface area is 117 Å². The highest BCUT2D eigenvalue weighted by Gasteiger charge is 2.38. The molecular formula is C12H32O3Si3. The second kappa shape index (κ2) is 7.35. The van der Waals surface area contributed by atoms with Crippen LogP contribution in [-0.4, -0.2) is 46.3 Å². The summed E-state index contributed by atoms with van der Waals surface area (Å²) in [5, 5.41) is 0. The van der Waals surface area contributed by atoms with E-state index < -0.39 is 25.0 Å². The number of rotatable bonds is 9. The summed E-state index contributed by atoms with van der Waals surface area (Å²) in [6, 6.07) is 2.29. The summed E-state index contributed by atoms with van der Waals surface area (Å²) in [4.78, 5) is 0. The Morgan fingerprint density at radius 3 is 1.50 bits per heavy atom. The van der Waals surface area contributed by atoms with Gasteiger partial charge in [-0.05, 0) is 0 Å². The zero-order valence-electron chi connectivity index (χ0n) is 13.6. The molecule has 0 amide bonds. The van der Waals surface area contributed by atoms with E-state index in [0.717, 1.165) is 6.04 Å². The molecule has 0 N–H and O–H groups in total. The predicted molar refractivity (Wildman–Crippen MR) is 86.6 cm³/mol. The summed E-state index contributed by atoms with van der Waals surface area (Å²) < 4.78 is 16.4. The molecular weight excluding hydrogens is 276 g/mol. The van der Waals surface area contributed by atoms with Crippen LogP contribution >= 0.6 is 0 Å². The minimum atomic E-state index is -2.34. The monoisotopic (exact) mass is 308 g/mol. The molecule has 0 saturated heterocycles. The molecule has 0 unspecified atom stereocenters. The first-order chi connectivity index (χ1) is 8.10. The molecule has 0 saturated carbocycles. The van der Waals surface area contributed by atoms with Crippen molar-refractivity contribution in [3.63, 3.8) is 0 Å². The third-order valence-corrected chi connectivity index (χ3v) is 15.9. The summed E-state index contributed by atoms with van der Waals surface area (Å²) in [5.74, 6) is 0. The van der Waals surface area contributed by atoms with Gasteiger partial charge in [0.25, 0.3) is 0 Å². The molecule has 18 heavy (non-hydrogen) atoms. The lowest BCUT2D eigenvalue weighted by Gasteiger charge is -2.31. The molecule has 110 valence electrons. The largest absolute Gasteiger partial charge is 0.500 e. The van der Waals surface area contributed by atoms with Gasteiger partial charge >= 0.3 is 8.80 Å². The normalized spacial score (nSPS) is 14.0. The molecule has 3 nitrogen and oxygen atoms in total. The zero-order valence-corrected chi connectivity index (χ0v) is 16.6. The maximum Gasteiger partial charge on any atom is 0.500 e. The average molecular weight is 309 g/mol. The van der Waals surface area contributed by atoms with Crippen molar-refractivity contribution in [1.82, 2.24) is 0 Å². The molecule has 0 atom stereocenters. The third kappa shape index (κ3) is 7.20. The van der Waals surface area contributed by atoms with Crippen LogP contribution in [0, 0.1) is 0 Å². The lowest BCUT2D eigenvalue weighted by Crippen LogP contribution is -2.43.